The number of thiophene rings is 1. The van der Waals surface area contributed by atoms with Crippen LogP contribution in [-0.2, 0) is 12.8 Å². The molecule has 1 atom stereocenters. The molecule has 0 aliphatic heterocycles. The van der Waals surface area contributed by atoms with Crippen molar-refractivity contribution < 1.29 is 14.7 Å². The van der Waals surface area contributed by atoms with Crippen LogP contribution in [0.25, 0.3) is 10.2 Å². The highest BCUT2D eigenvalue weighted by atomic mass is 32.1. The van der Waals surface area contributed by atoms with Gasteiger partial charge in [0.05, 0.1) is 5.39 Å². The third-order valence-electron chi connectivity index (χ3n) is 5.09. The van der Waals surface area contributed by atoms with Gasteiger partial charge in [0.15, 0.2) is 0 Å². The molecule has 3 aromatic rings. The lowest BCUT2D eigenvalue weighted by Crippen LogP contribution is -2.23. The van der Waals surface area contributed by atoms with E-state index in [1.165, 1.54) is 35.6 Å². The number of rotatable bonds is 3. The average molecular weight is 397 g/mol. The molecule has 2 heterocycles. The Hall–Kier alpha value is -3.13. The first-order valence-corrected chi connectivity index (χ1v) is 9.77. The lowest BCUT2D eigenvalue weighted by molar-refractivity contribution is 0.0997. The van der Waals surface area contributed by atoms with Crippen molar-refractivity contribution in [2.24, 2.45) is 11.7 Å². The predicted molar refractivity (Wildman–Crippen MR) is 108 cm³/mol. The molecular formula is C20H19N3O4S. The highest BCUT2D eigenvalue weighted by molar-refractivity contribution is 7.18. The van der Waals surface area contributed by atoms with E-state index in [9.17, 15) is 19.5 Å². The minimum Gasteiger partial charge on any atom is -0.506 e. The van der Waals surface area contributed by atoms with Crippen molar-refractivity contribution in [3.8, 4) is 5.75 Å². The molecule has 0 unspecified atom stereocenters. The van der Waals surface area contributed by atoms with Crippen LogP contribution in [0.2, 0.25) is 0 Å². The molecule has 28 heavy (non-hydrogen) atoms. The Morgan fingerprint density at radius 2 is 2.00 bits per heavy atom. The number of carbonyl (C=O) groups is 2. The molecule has 8 heteroatoms. The molecule has 5 N–H and O–H groups in total. The van der Waals surface area contributed by atoms with Gasteiger partial charge in [0.1, 0.15) is 16.1 Å². The SMILES string of the molecule is C[C@H]1CCc2c(sc3[nH]c(=O)c(C(=O)Nc4ccc(C(N)=O)cc4)c(O)c23)C1. The monoisotopic (exact) mass is 397 g/mol. The van der Waals surface area contributed by atoms with Crippen molar-refractivity contribution in [1.29, 1.82) is 0 Å². The number of nitrogens with two attached hydrogens (primary N) is 1. The van der Waals surface area contributed by atoms with E-state index in [0.717, 1.165) is 29.7 Å². The van der Waals surface area contributed by atoms with E-state index in [2.05, 4.69) is 17.2 Å². The number of pyridine rings is 1. The van der Waals surface area contributed by atoms with Gasteiger partial charge in [-0.15, -0.1) is 11.3 Å². The van der Waals surface area contributed by atoms with Gasteiger partial charge in [-0.3, -0.25) is 14.4 Å². The lowest BCUT2D eigenvalue weighted by atomic mass is 9.89. The maximum absolute atomic E-state index is 12.7. The number of H-pyrrole nitrogens is 1. The van der Waals surface area contributed by atoms with Crippen molar-refractivity contribution in [3.05, 3.63) is 56.2 Å². The number of nitrogens with one attached hydrogen (secondary N) is 2. The van der Waals surface area contributed by atoms with E-state index >= 15 is 0 Å². The molecule has 2 amide bonds. The van der Waals surface area contributed by atoms with Crippen LogP contribution < -0.4 is 16.6 Å². The van der Waals surface area contributed by atoms with Crippen LogP contribution >= 0.6 is 11.3 Å². The van der Waals surface area contributed by atoms with E-state index < -0.39 is 17.4 Å². The van der Waals surface area contributed by atoms with E-state index in [1.807, 2.05) is 0 Å². The average Bonchev–Trinajstić information content (AvgIpc) is 2.99. The van der Waals surface area contributed by atoms with Gasteiger partial charge in [0.25, 0.3) is 11.5 Å². The third kappa shape index (κ3) is 3.05. The Morgan fingerprint density at radius 3 is 2.68 bits per heavy atom. The minimum atomic E-state index is -0.711. The smallest absolute Gasteiger partial charge is 0.265 e. The van der Waals surface area contributed by atoms with Crippen molar-refractivity contribution in [1.82, 2.24) is 4.98 Å². The molecule has 0 radical (unpaired) electrons. The molecule has 1 aromatic carbocycles. The summed E-state index contributed by atoms with van der Waals surface area (Å²) in [5.41, 5.74) is 5.96. The quantitative estimate of drug-likeness (QED) is 0.542. The second-order valence-corrected chi connectivity index (χ2v) is 8.23. The topological polar surface area (TPSA) is 125 Å². The maximum Gasteiger partial charge on any atom is 0.265 e. The number of anilines is 1. The van der Waals surface area contributed by atoms with Crippen molar-refractivity contribution in [2.45, 2.75) is 26.2 Å². The van der Waals surface area contributed by atoms with Gasteiger partial charge in [-0.25, -0.2) is 0 Å². The summed E-state index contributed by atoms with van der Waals surface area (Å²) in [6.07, 6.45) is 2.72. The maximum atomic E-state index is 12.7. The van der Waals surface area contributed by atoms with Gasteiger partial charge in [-0.2, -0.15) is 0 Å². The molecule has 0 saturated heterocycles. The Labute approximate surface area is 164 Å². The summed E-state index contributed by atoms with van der Waals surface area (Å²) < 4.78 is 0. The van der Waals surface area contributed by atoms with Gasteiger partial charge in [0.2, 0.25) is 5.91 Å². The fraction of sp³-hybridized carbons (Fsp3) is 0.250. The van der Waals surface area contributed by atoms with Gasteiger partial charge in [-0.05, 0) is 55.0 Å². The zero-order valence-electron chi connectivity index (χ0n) is 15.2. The predicted octanol–water partition coefficient (Wildman–Crippen LogP) is 2.77. The van der Waals surface area contributed by atoms with Gasteiger partial charge >= 0.3 is 0 Å². The summed E-state index contributed by atoms with van der Waals surface area (Å²) in [5, 5.41) is 13.9. The second-order valence-electron chi connectivity index (χ2n) is 7.13. The van der Waals surface area contributed by atoms with Crippen molar-refractivity contribution in [3.63, 3.8) is 0 Å². The number of primary amides is 1. The van der Waals surface area contributed by atoms with Crippen LogP contribution in [0.3, 0.4) is 0 Å². The molecule has 144 valence electrons. The highest BCUT2D eigenvalue weighted by Gasteiger charge is 2.27. The third-order valence-corrected chi connectivity index (χ3v) is 6.26. The minimum absolute atomic E-state index is 0.281. The van der Waals surface area contributed by atoms with E-state index in [1.54, 1.807) is 0 Å². The molecule has 7 nitrogen and oxygen atoms in total. The fourth-order valence-electron chi connectivity index (χ4n) is 3.61. The number of benzene rings is 1. The number of fused-ring (bicyclic) bond motifs is 3. The normalized spacial score (nSPS) is 16.0. The first kappa shape index (κ1) is 18.2. The molecule has 0 fully saturated rings. The zero-order chi connectivity index (χ0) is 20.0. The Kier molecular flexibility index (Phi) is 4.43. The molecule has 0 bridgehead atoms. The van der Waals surface area contributed by atoms with Gasteiger partial charge in [0, 0.05) is 16.1 Å². The second kappa shape index (κ2) is 6.79. The summed E-state index contributed by atoms with van der Waals surface area (Å²) >= 11 is 1.47. The first-order chi connectivity index (χ1) is 13.3. The number of aromatic amines is 1. The van der Waals surface area contributed by atoms with Gasteiger partial charge in [-0.1, -0.05) is 6.92 Å². The molecule has 4 rings (SSSR count). The standard InChI is InChI=1S/C20H19N3O4S/c1-9-2-7-12-13(8-9)28-20-14(12)16(24)15(19(27)23-20)18(26)22-11-5-3-10(4-6-11)17(21)25/h3-6,9H,2,7-8H2,1H3,(H2,21,25)(H,22,26)(H2,23,24,27)/t9-/m0/s1. The highest BCUT2D eigenvalue weighted by Crippen LogP contribution is 2.41. The molecular weight excluding hydrogens is 378 g/mol. The van der Waals surface area contributed by atoms with E-state index in [4.69, 9.17) is 5.73 Å². The summed E-state index contributed by atoms with van der Waals surface area (Å²) in [4.78, 5) is 40.8. The number of aromatic hydroxyl groups is 1. The number of aromatic nitrogens is 1. The summed E-state index contributed by atoms with van der Waals surface area (Å²) in [6, 6.07) is 5.97. The summed E-state index contributed by atoms with van der Waals surface area (Å²) in [7, 11) is 0. The molecule has 2 aromatic heterocycles. The molecule has 0 spiro atoms. The molecule has 1 aliphatic carbocycles. The van der Waals surface area contributed by atoms with Gasteiger partial charge < -0.3 is 21.1 Å². The van der Waals surface area contributed by atoms with Crippen LogP contribution in [0.1, 0.15) is 44.5 Å². The molecule has 0 saturated carbocycles. The van der Waals surface area contributed by atoms with Crippen LogP contribution in [0, 0.1) is 5.92 Å². The Morgan fingerprint density at radius 1 is 1.29 bits per heavy atom. The first-order valence-electron chi connectivity index (χ1n) is 8.96. The Bertz CT molecular complexity index is 1160. The lowest BCUT2D eigenvalue weighted by Gasteiger charge is -2.18. The fourth-order valence-corrected chi connectivity index (χ4v) is 5.02. The van der Waals surface area contributed by atoms with Crippen molar-refractivity contribution >= 4 is 39.1 Å². The number of carbonyl (C=O) groups excluding carboxylic acids is 2. The zero-order valence-corrected chi connectivity index (χ0v) is 16.0. The number of hydrogen-bond acceptors (Lipinski definition) is 5. The van der Waals surface area contributed by atoms with E-state index in [0.29, 0.717) is 27.4 Å². The van der Waals surface area contributed by atoms with Crippen LogP contribution in [0.4, 0.5) is 5.69 Å². The largest absolute Gasteiger partial charge is 0.506 e. The summed E-state index contributed by atoms with van der Waals surface area (Å²) in [6.45, 7) is 2.18. The van der Waals surface area contributed by atoms with Crippen LogP contribution in [0.5, 0.6) is 5.75 Å². The summed E-state index contributed by atoms with van der Waals surface area (Å²) in [5.74, 6) is -1.01. The van der Waals surface area contributed by atoms with Crippen molar-refractivity contribution in [2.75, 3.05) is 5.32 Å². The van der Waals surface area contributed by atoms with E-state index in [-0.39, 0.29) is 11.3 Å². The Balaban J connectivity index is 1.72. The molecule has 1 aliphatic rings. The number of amides is 2. The van der Waals surface area contributed by atoms with Crippen LogP contribution in [0.15, 0.2) is 29.1 Å². The number of aryl methyl sites for hydroxylation is 1. The number of hydrogen-bond donors (Lipinski definition) is 4. The van der Waals surface area contributed by atoms with Crippen LogP contribution in [-0.4, -0.2) is 21.9 Å².